The van der Waals surface area contributed by atoms with Crippen molar-refractivity contribution < 1.29 is 4.74 Å². The molecule has 0 atom stereocenters. The van der Waals surface area contributed by atoms with Gasteiger partial charge < -0.3 is 9.72 Å². The average molecular weight is 286 g/mol. The van der Waals surface area contributed by atoms with Gasteiger partial charge in [-0.3, -0.25) is 4.79 Å². The van der Waals surface area contributed by atoms with E-state index in [1.165, 1.54) is 0 Å². The molecule has 0 fully saturated rings. The molecule has 0 bridgehead atoms. The molecular formula is C16H12ClNO2. The van der Waals surface area contributed by atoms with Crippen LogP contribution in [0, 0.1) is 0 Å². The third-order valence-electron chi connectivity index (χ3n) is 3.20. The predicted octanol–water partition coefficient (Wildman–Crippen LogP) is 3.86. The highest BCUT2D eigenvalue weighted by atomic mass is 35.5. The third-order valence-corrected chi connectivity index (χ3v) is 3.43. The predicted molar refractivity (Wildman–Crippen MR) is 81.6 cm³/mol. The number of H-pyrrole nitrogens is 1. The van der Waals surface area contributed by atoms with E-state index in [0.717, 1.165) is 5.56 Å². The van der Waals surface area contributed by atoms with Crippen molar-refractivity contribution in [3.8, 4) is 17.0 Å². The highest BCUT2D eigenvalue weighted by Crippen LogP contribution is 2.27. The van der Waals surface area contributed by atoms with Crippen LogP contribution < -0.4 is 10.2 Å². The van der Waals surface area contributed by atoms with Crippen molar-refractivity contribution in [2.75, 3.05) is 7.11 Å². The summed E-state index contributed by atoms with van der Waals surface area (Å²) in [7, 11) is 1.54. The second kappa shape index (κ2) is 5.02. The summed E-state index contributed by atoms with van der Waals surface area (Å²) < 4.78 is 5.33. The molecule has 1 heterocycles. The van der Waals surface area contributed by atoms with E-state index >= 15 is 0 Å². The summed E-state index contributed by atoms with van der Waals surface area (Å²) in [6, 6.07) is 14.6. The number of aromatic amines is 1. The number of benzene rings is 2. The summed E-state index contributed by atoms with van der Waals surface area (Å²) in [4.78, 5) is 15.8. The molecular weight excluding hydrogens is 274 g/mol. The van der Waals surface area contributed by atoms with E-state index in [-0.39, 0.29) is 5.43 Å². The van der Waals surface area contributed by atoms with Crippen LogP contribution in [0.4, 0.5) is 0 Å². The van der Waals surface area contributed by atoms with Crippen LogP contribution in [-0.4, -0.2) is 12.1 Å². The minimum Gasteiger partial charge on any atom is -0.482 e. The van der Waals surface area contributed by atoms with Gasteiger partial charge in [-0.2, -0.15) is 0 Å². The number of nitrogens with one attached hydrogen (secondary N) is 1. The molecule has 100 valence electrons. The number of ether oxygens (including phenoxy) is 1. The third kappa shape index (κ3) is 2.06. The van der Waals surface area contributed by atoms with Crippen molar-refractivity contribution in [1.82, 2.24) is 4.98 Å². The number of halogens is 1. The Morgan fingerprint density at radius 2 is 1.85 bits per heavy atom. The minimum absolute atomic E-state index is 0.0932. The van der Waals surface area contributed by atoms with Crippen LogP contribution in [0.1, 0.15) is 0 Å². The first-order valence-electron chi connectivity index (χ1n) is 6.15. The fraction of sp³-hybridized carbons (Fsp3) is 0.0625. The van der Waals surface area contributed by atoms with E-state index in [1.54, 1.807) is 25.3 Å². The summed E-state index contributed by atoms with van der Waals surface area (Å²) in [5.74, 6) is 0.455. The van der Waals surface area contributed by atoms with E-state index in [4.69, 9.17) is 16.3 Å². The van der Waals surface area contributed by atoms with Crippen LogP contribution in [0.25, 0.3) is 22.0 Å². The standard InChI is InChI=1S/C16H12ClNO2/c1-20-16-14(10-5-3-2-4-6-10)15(19)12-9-11(17)7-8-13(12)18-16/h2-9H,1H3,(H,18,19). The SMILES string of the molecule is COc1[nH]c2ccc(Cl)cc2c(=O)c1-c1ccccc1. The molecule has 0 amide bonds. The van der Waals surface area contributed by atoms with Gasteiger partial charge in [-0.25, -0.2) is 0 Å². The van der Waals surface area contributed by atoms with Crippen molar-refractivity contribution >= 4 is 22.5 Å². The van der Waals surface area contributed by atoms with Gasteiger partial charge in [-0.15, -0.1) is 0 Å². The molecule has 1 N–H and O–H groups in total. The van der Waals surface area contributed by atoms with Gasteiger partial charge in [0.05, 0.1) is 18.2 Å². The summed E-state index contributed by atoms with van der Waals surface area (Å²) in [6.45, 7) is 0. The van der Waals surface area contributed by atoms with Gasteiger partial charge in [-0.1, -0.05) is 41.9 Å². The number of hydrogen-bond donors (Lipinski definition) is 1. The Bertz CT molecular complexity index is 825. The van der Waals surface area contributed by atoms with Crippen LogP contribution in [-0.2, 0) is 0 Å². The van der Waals surface area contributed by atoms with Crippen LogP contribution in [0.5, 0.6) is 5.88 Å². The van der Waals surface area contributed by atoms with E-state index < -0.39 is 0 Å². The molecule has 0 aliphatic carbocycles. The Kier molecular flexibility index (Phi) is 3.20. The molecule has 0 aliphatic rings. The van der Waals surface area contributed by atoms with E-state index in [2.05, 4.69) is 4.98 Å². The normalized spacial score (nSPS) is 10.7. The fourth-order valence-electron chi connectivity index (χ4n) is 2.26. The molecule has 0 saturated carbocycles. The molecule has 2 aromatic carbocycles. The second-order valence-corrected chi connectivity index (χ2v) is 4.85. The summed E-state index contributed by atoms with van der Waals surface area (Å²) in [6.07, 6.45) is 0. The lowest BCUT2D eigenvalue weighted by atomic mass is 10.0. The Morgan fingerprint density at radius 3 is 2.55 bits per heavy atom. The molecule has 0 saturated heterocycles. The molecule has 4 heteroatoms. The Morgan fingerprint density at radius 1 is 1.10 bits per heavy atom. The topological polar surface area (TPSA) is 42.1 Å². The fourth-order valence-corrected chi connectivity index (χ4v) is 2.43. The van der Waals surface area contributed by atoms with E-state index in [0.29, 0.717) is 27.4 Å². The van der Waals surface area contributed by atoms with Crippen molar-refractivity contribution in [2.24, 2.45) is 0 Å². The number of methoxy groups -OCH3 is 1. The largest absolute Gasteiger partial charge is 0.482 e. The summed E-state index contributed by atoms with van der Waals surface area (Å²) >= 11 is 5.98. The molecule has 0 aliphatic heterocycles. The summed E-state index contributed by atoms with van der Waals surface area (Å²) in [5, 5.41) is 1.09. The molecule has 0 spiro atoms. The number of pyridine rings is 1. The zero-order valence-corrected chi connectivity index (χ0v) is 11.6. The maximum Gasteiger partial charge on any atom is 0.203 e. The van der Waals surface area contributed by atoms with Gasteiger partial charge in [0.1, 0.15) is 0 Å². The number of hydrogen-bond acceptors (Lipinski definition) is 2. The van der Waals surface area contributed by atoms with Gasteiger partial charge in [0.2, 0.25) is 11.3 Å². The molecule has 3 aromatic rings. The zero-order valence-electron chi connectivity index (χ0n) is 10.8. The first-order chi connectivity index (χ1) is 9.70. The lowest BCUT2D eigenvalue weighted by Crippen LogP contribution is -2.09. The molecule has 3 rings (SSSR count). The highest BCUT2D eigenvalue weighted by molar-refractivity contribution is 6.31. The van der Waals surface area contributed by atoms with Crippen molar-refractivity contribution in [2.45, 2.75) is 0 Å². The number of aromatic nitrogens is 1. The molecule has 20 heavy (non-hydrogen) atoms. The monoisotopic (exact) mass is 285 g/mol. The van der Waals surface area contributed by atoms with Gasteiger partial charge in [0, 0.05) is 10.4 Å². The van der Waals surface area contributed by atoms with Gasteiger partial charge in [0.25, 0.3) is 0 Å². The Labute approximate surface area is 120 Å². The van der Waals surface area contributed by atoms with Crippen LogP contribution >= 0.6 is 11.6 Å². The van der Waals surface area contributed by atoms with Crippen LogP contribution in [0.3, 0.4) is 0 Å². The lowest BCUT2D eigenvalue weighted by molar-refractivity contribution is 0.401. The first kappa shape index (κ1) is 12.8. The summed E-state index contributed by atoms with van der Waals surface area (Å²) in [5.41, 5.74) is 1.94. The van der Waals surface area contributed by atoms with Crippen LogP contribution in [0.15, 0.2) is 53.3 Å². The number of rotatable bonds is 2. The molecule has 1 aromatic heterocycles. The molecule has 0 radical (unpaired) electrons. The first-order valence-corrected chi connectivity index (χ1v) is 6.53. The van der Waals surface area contributed by atoms with Gasteiger partial charge in [0.15, 0.2) is 0 Å². The maximum absolute atomic E-state index is 12.7. The average Bonchev–Trinajstić information content (AvgIpc) is 2.48. The molecule has 0 unspecified atom stereocenters. The number of fused-ring (bicyclic) bond motifs is 1. The van der Waals surface area contributed by atoms with E-state index in [1.807, 2.05) is 30.3 Å². The Hall–Kier alpha value is -2.26. The van der Waals surface area contributed by atoms with Crippen LogP contribution in [0.2, 0.25) is 5.02 Å². The quantitative estimate of drug-likeness (QED) is 0.777. The van der Waals surface area contributed by atoms with Crippen molar-refractivity contribution in [3.05, 3.63) is 63.8 Å². The molecule has 3 nitrogen and oxygen atoms in total. The maximum atomic E-state index is 12.7. The smallest absolute Gasteiger partial charge is 0.203 e. The van der Waals surface area contributed by atoms with Gasteiger partial charge >= 0.3 is 0 Å². The van der Waals surface area contributed by atoms with E-state index in [9.17, 15) is 4.79 Å². The zero-order chi connectivity index (χ0) is 14.1. The van der Waals surface area contributed by atoms with Gasteiger partial charge in [-0.05, 0) is 23.8 Å². The second-order valence-electron chi connectivity index (χ2n) is 4.42. The minimum atomic E-state index is -0.0932. The lowest BCUT2D eigenvalue weighted by Gasteiger charge is -2.10. The Balaban J connectivity index is 2.41. The van der Waals surface area contributed by atoms with Crippen molar-refractivity contribution in [3.63, 3.8) is 0 Å². The van der Waals surface area contributed by atoms with Crippen molar-refractivity contribution in [1.29, 1.82) is 0 Å². The highest BCUT2D eigenvalue weighted by Gasteiger charge is 2.14.